The van der Waals surface area contributed by atoms with Crippen molar-refractivity contribution in [3.8, 4) is 5.88 Å². The normalized spacial score (nSPS) is 21.9. The third kappa shape index (κ3) is 2.84. The average Bonchev–Trinajstić information content (AvgIpc) is 3.33. The van der Waals surface area contributed by atoms with Crippen LogP contribution in [0.3, 0.4) is 0 Å². The molecule has 0 aliphatic carbocycles. The van der Waals surface area contributed by atoms with E-state index in [1.807, 2.05) is 6.92 Å². The van der Waals surface area contributed by atoms with Crippen LogP contribution in [-0.2, 0) is 0 Å². The second-order valence-corrected chi connectivity index (χ2v) is 7.43. The van der Waals surface area contributed by atoms with Gasteiger partial charge >= 0.3 is 0 Å². The summed E-state index contributed by atoms with van der Waals surface area (Å²) in [5, 5.41) is 7.49. The molecule has 0 radical (unpaired) electrons. The first-order valence-corrected chi connectivity index (χ1v) is 9.58. The van der Waals surface area contributed by atoms with Gasteiger partial charge < -0.3 is 15.0 Å². The molecule has 5 rings (SSSR count). The predicted octanol–water partition coefficient (Wildman–Crippen LogP) is 2.05. The van der Waals surface area contributed by atoms with E-state index >= 15 is 0 Å². The predicted molar refractivity (Wildman–Crippen MR) is 104 cm³/mol. The van der Waals surface area contributed by atoms with Gasteiger partial charge in [0.1, 0.15) is 23.2 Å². The third-order valence-electron chi connectivity index (χ3n) is 5.08. The van der Waals surface area contributed by atoms with Crippen molar-refractivity contribution < 1.29 is 9.13 Å². The molecular weight excluding hydrogens is 381 g/mol. The summed E-state index contributed by atoms with van der Waals surface area (Å²) in [5.41, 5.74) is 2.09. The molecule has 0 unspecified atom stereocenters. The van der Waals surface area contributed by atoms with Crippen LogP contribution in [0.15, 0.2) is 24.8 Å². The molecule has 3 aromatic rings. The van der Waals surface area contributed by atoms with E-state index in [0.29, 0.717) is 34.6 Å². The number of halogens is 1. The Hall–Kier alpha value is -2.88. The van der Waals surface area contributed by atoms with E-state index in [1.165, 1.54) is 12.3 Å². The van der Waals surface area contributed by atoms with Crippen molar-refractivity contribution in [2.45, 2.75) is 31.9 Å². The number of nitrogens with one attached hydrogen (secondary N) is 1. The first kappa shape index (κ1) is 17.2. The number of fused-ring (bicyclic) bond motifs is 5. The van der Waals surface area contributed by atoms with Gasteiger partial charge in [-0.1, -0.05) is 12.2 Å². The van der Waals surface area contributed by atoms with Crippen LogP contribution >= 0.6 is 12.2 Å². The van der Waals surface area contributed by atoms with Crippen LogP contribution in [0.25, 0.3) is 5.65 Å². The lowest BCUT2D eigenvalue weighted by molar-refractivity contribution is 0.211. The van der Waals surface area contributed by atoms with Crippen molar-refractivity contribution in [1.82, 2.24) is 29.9 Å². The van der Waals surface area contributed by atoms with Gasteiger partial charge in [-0.25, -0.2) is 18.9 Å². The topological polar surface area (TPSA) is 80.5 Å². The lowest BCUT2D eigenvalue weighted by atomic mass is 10.1. The molecule has 2 aliphatic rings. The van der Waals surface area contributed by atoms with E-state index in [1.54, 1.807) is 17.0 Å². The average molecular weight is 399 g/mol. The van der Waals surface area contributed by atoms with Crippen molar-refractivity contribution in [2.24, 2.45) is 0 Å². The van der Waals surface area contributed by atoms with Crippen molar-refractivity contribution in [3.05, 3.63) is 41.7 Å². The Bertz CT molecular complexity index is 1070. The summed E-state index contributed by atoms with van der Waals surface area (Å²) in [5.74, 6) is 0.601. The van der Waals surface area contributed by atoms with E-state index in [9.17, 15) is 4.39 Å². The van der Waals surface area contributed by atoms with Gasteiger partial charge in [0.25, 0.3) is 0 Å². The molecule has 1 N–H and O–H groups in total. The molecule has 8 nitrogen and oxygen atoms in total. The monoisotopic (exact) mass is 399 g/mol. The first-order chi connectivity index (χ1) is 13.6. The van der Waals surface area contributed by atoms with Gasteiger partial charge in [0, 0.05) is 12.1 Å². The zero-order valence-electron chi connectivity index (χ0n) is 15.2. The van der Waals surface area contributed by atoms with Crippen molar-refractivity contribution in [1.29, 1.82) is 0 Å². The summed E-state index contributed by atoms with van der Waals surface area (Å²) >= 11 is 5.53. The molecule has 1 saturated heterocycles. The highest BCUT2D eigenvalue weighted by atomic mass is 32.1. The van der Waals surface area contributed by atoms with E-state index in [2.05, 4.69) is 25.3 Å². The number of aromatic nitrogens is 5. The molecule has 0 amide bonds. The molecule has 10 heteroatoms. The molecule has 0 spiro atoms. The van der Waals surface area contributed by atoms with E-state index in [-0.39, 0.29) is 18.0 Å². The Morgan fingerprint density at radius 1 is 1.32 bits per heavy atom. The van der Waals surface area contributed by atoms with Gasteiger partial charge in [-0.3, -0.25) is 0 Å². The second kappa shape index (κ2) is 6.62. The molecular formula is C18H18FN7OS. The Kier molecular flexibility index (Phi) is 4.08. The molecule has 144 valence electrons. The SMILES string of the molecule is C[C@H]1CNC(=S)c2cnn3cnc(nc23)N2CCC[C@@H]2c2cc(F)cnc2O1. The maximum Gasteiger partial charge on any atom is 0.229 e. The summed E-state index contributed by atoms with van der Waals surface area (Å²) in [6.07, 6.45) is 6.06. The molecule has 2 bridgehead atoms. The third-order valence-corrected chi connectivity index (χ3v) is 5.44. The van der Waals surface area contributed by atoms with Crippen LogP contribution in [0.2, 0.25) is 0 Å². The van der Waals surface area contributed by atoms with Crippen LogP contribution < -0.4 is 15.0 Å². The number of hydrogen-bond acceptors (Lipinski definition) is 7. The fourth-order valence-electron chi connectivity index (χ4n) is 3.75. The fraction of sp³-hybridized carbons (Fsp3) is 0.389. The second-order valence-electron chi connectivity index (χ2n) is 7.02. The Morgan fingerprint density at radius 2 is 2.21 bits per heavy atom. The number of nitrogens with zero attached hydrogens (tertiary/aromatic N) is 6. The molecule has 2 atom stereocenters. The quantitative estimate of drug-likeness (QED) is 0.576. The van der Waals surface area contributed by atoms with Crippen LogP contribution in [0.4, 0.5) is 10.3 Å². The standard InChI is InChI=1S/C18H18FN7OS/c1-10-6-21-17(28)13-8-23-26-9-22-18(24-15(13)26)25-4-2-3-14(25)12-5-11(19)7-20-16(12)27-10/h5,7-10,14H,2-4,6H2,1H3,(H,21,28)/t10-,14+/m0/s1. The lowest BCUT2D eigenvalue weighted by Crippen LogP contribution is -2.33. The van der Waals surface area contributed by atoms with Crippen LogP contribution in [-0.4, -0.2) is 48.7 Å². The number of anilines is 1. The minimum atomic E-state index is -0.389. The van der Waals surface area contributed by atoms with Gasteiger partial charge in [0.05, 0.1) is 30.5 Å². The zero-order chi connectivity index (χ0) is 19.3. The van der Waals surface area contributed by atoms with Crippen LogP contribution in [0.1, 0.15) is 36.9 Å². The highest BCUT2D eigenvalue weighted by molar-refractivity contribution is 7.80. The zero-order valence-corrected chi connectivity index (χ0v) is 16.0. The van der Waals surface area contributed by atoms with E-state index < -0.39 is 0 Å². The first-order valence-electron chi connectivity index (χ1n) is 9.17. The summed E-state index contributed by atoms with van der Waals surface area (Å²) in [6.45, 7) is 3.16. The van der Waals surface area contributed by atoms with Gasteiger partial charge in [-0.05, 0) is 25.8 Å². The van der Waals surface area contributed by atoms with E-state index in [4.69, 9.17) is 21.9 Å². The molecule has 28 heavy (non-hydrogen) atoms. The summed E-state index contributed by atoms with van der Waals surface area (Å²) < 4.78 is 21.7. The maximum absolute atomic E-state index is 14.0. The number of pyridine rings is 1. The molecule has 0 aromatic carbocycles. The molecule has 3 aromatic heterocycles. The lowest BCUT2D eigenvalue weighted by Gasteiger charge is -2.26. The van der Waals surface area contributed by atoms with Gasteiger partial charge in [0.2, 0.25) is 11.8 Å². The van der Waals surface area contributed by atoms with Gasteiger partial charge in [-0.2, -0.15) is 10.1 Å². The molecule has 5 heterocycles. The van der Waals surface area contributed by atoms with Crippen molar-refractivity contribution in [3.63, 3.8) is 0 Å². The molecule has 0 saturated carbocycles. The highest BCUT2D eigenvalue weighted by Gasteiger charge is 2.32. The van der Waals surface area contributed by atoms with Crippen LogP contribution in [0.5, 0.6) is 5.88 Å². The summed E-state index contributed by atoms with van der Waals surface area (Å²) in [4.78, 5) is 16.0. The minimum Gasteiger partial charge on any atom is -0.473 e. The number of thiocarbonyl (C=S) groups is 1. The van der Waals surface area contributed by atoms with Gasteiger partial charge in [0.15, 0.2) is 5.65 Å². The maximum atomic E-state index is 14.0. The fourth-order valence-corrected chi connectivity index (χ4v) is 3.98. The number of rotatable bonds is 0. The van der Waals surface area contributed by atoms with Gasteiger partial charge in [-0.15, -0.1) is 0 Å². The Balaban J connectivity index is 1.69. The van der Waals surface area contributed by atoms with E-state index in [0.717, 1.165) is 24.9 Å². The highest BCUT2D eigenvalue weighted by Crippen LogP contribution is 2.38. The Morgan fingerprint density at radius 3 is 3.11 bits per heavy atom. The van der Waals surface area contributed by atoms with Crippen molar-refractivity contribution >= 4 is 28.8 Å². The minimum absolute atomic E-state index is 0.111. The summed E-state index contributed by atoms with van der Waals surface area (Å²) in [7, 11) is 0. The van der Waals surface area contributed by atoms with Crippen molar-refractivity contribution in [2.75, 3.05) is 18.0 Å². The summed E-state index contributed by atoms with van der Waals surface area (Å²) in [6, 6.07) is 1.39. The molecule has 2 aliphatic heterocycles. The largest absolute Gasteiger partial charge is 0.473 e. The number of ether oxygens (including phenoxy) is 1. The smallest absolute Gasteiger partial charge is 0.229 e. The number of hydrogen-bond donors (Lipinski definition) is 1. The molecule has 1 fully saturated rings. The Labute approximate surface area is 165 Å². The van der Waals surface area contributed by atoms with Crippen LogP contribution in [0, 0.1) is 5.82 Å².